The van der Waals surface area contributed by atoms with Gasteiger partial charge in [-0.15, -0.1) is 0 Å². The van der Waals surface area contributed by atoms with E-state index in [2.05, 4.69) is 4.98 Å². The Bertz CT molecular complexity index is 584. The average Bonchev–Trinajstić information content (AvgIpc) is 3.45. The monoisotopic (exact) mass is 463 g/mol. The van der Waals surface area contributed by atoms with E-state index in [1.54, 1.807) is 20.0 Å². The molecule has 1 aromatic heterocycles. The first-order valence-corrected chi connectivity index (χ1v) is 10.3. The van der Waals surface area contributed by atoms with Crippen molar-refractivity contribution in [3.05, 3.63) is 92.8 Å². The van der Waals surface area contributed by atoms with Crippen molar-refractivity contribution in [2.45, 2.75) is 39.5 Å². The van der Waals surface area contributed by atoms with Crippen LogP contribution in [-0.2, 0) is 36.1 Å². The van der Waals surface area contributed by atoms with Crippen LogP contribution in [0.15, 0.2) is 24.4 Å². The minimum Gasteiger partial charge on any atom is -0.466 e. The molecule has 0 amide bonds. The van der Waals surface area contributed by atoms with Crippen molar-refractivity contribution in [2.24, 2.45) is 0 Å². The molecule has 0 aromatic carbocycles. The Hall–Kier alpha value is -1.39. The second-order valence-electron chi connectivity index (χ2n) is 6.55. The van der Waals surface area contributed by atoms with Gasteiger partial charge in [0.1, 0.15) is 0 Å². The number of rotatable bonds is 9. The van der Waals surface area contributed by atoms with E-state index < -0.39 is 0 Å². The maximum Gasteiger partial charge on any atom is 2.00 e. The summed E-state index contributed by atoms with van der Waals surface area (Å²) in [6.07, 6.45) is 17.6. The molecule has 3 rings (SSSR count). The molecule has 0 spiro atoms. The number of hydrogen-bond donors (Lipinski definition) is 0. The maximum atomic E-state index is 11.7. The fourth-order valence-electron chi connectivity index (χ4n) is 3.09. The standard InChI is InChI=1S/C20H24NO4.C5H5.Fe/c1-3-24-18(22)12-10-15-8-9-16(11-13-19(23)25-4-2)20(15)17-7-5-6-14-21-17;1-2-4-5-3-1;/h5-9,14H,3-4,10-13H2,1-2H3;1-5H;/q;;+2. The molecule has 0 N–H and O–H groups in total. The van der Waals surface area contributed by atoms with Crippen LogP contribution in [0.25, 0.3) is 0 Å². The molecular weight excluding hydrogens is 434 g/mol. The summed E-state index contributed by atoms with van der Waals surface area (Å²) in [7, 11) is 0. The Balaban J connectivity index is 0.000000701. The Kier molecular flexibility index (Phi) is 14.5. The van der Waals surface area contributed by atoms with E-state index in [1.165, 1.54) is 0 Å². The Morgan fingerprint density at radius 1 is 0.806 bits per heavy atom. The van der Waals surface area contributed by atoms with Crippen molar-refractivity contribution in [3.63, 3.8) is 0 Å². The average molecular weight is 463 g/mol. The molecule has 2 saturated carbocycles. The molecule has 5 nitrogen and oxygen atoms in total. The van der Waals surface area contributed by atoms with Crippen LogP contribution in [0.2, 0.25) is 0 Å². The molecule has 1 aromatic rings. The molecule has 0 aliphatic heterocycles. The Morgan fingerprint density at radius 2 is 1.29 bits per heavy atom. The molecule has 0 saturated heterocycles. The van der Waals surface area contributed by atoms with Crippen LogP contribution < -0.4 is 0 Å². The largest absolute Gasteiger partial charge is 2.00 e. The summed E-state index contributed by atoms with van der Waals surface area (Å²) in [5.41, 5.74) is 0.852. The van der Waals surface area contributed by atoms with Crippen molar-refractivity contribution in [3.8, 4) is 0 Å². The summed E-state index contributed by atoms with van der Waals surface area (Å²) in [5.74, 6) is 2.69. The zero-order valence-electron chi connectivity index (χ0n) is 18.0. The summed E-state index contributed by atoms with van der Waals surface area (Å²) in [6.45, 7) is 4.37. The molecule has 1 heterocycles. The quantitative estimate of drug-likeness (QED) is 0.404. The summed E-state index contributed by atoms with van der Waals surface area (Å²) in [6, 6.07) is 5.74. The molecule has 2 aliphatic carbocycles. The molecule has 10 radical (unpaired) electrons. The number of carbonyl (C=O) groups is 2. The topological polar surface area (TPSA) is 65.5 Å². The number of esters is 2. The van der Waals surface area contributed by atoms with Crippen LogP contribution in [0.5, 0.6) is 0 Å². The summed E-state index contributed by atoms with van der Waals surface area (Å²) in [5, 5.41) is 0. The molecule has 31 heavy (non-hydrogen) atoms. The van der Waals surface area contributed by atoms with Crippen LogP contribution in [0.3, 0.4) is 0 Å². The summed E-state index contributed by atoms with van der Waals surface area (Å²) in [4.78, 5) is 27.8. The van der Waals surface area contributed by atoms with Crippen LogP contribution in [0.4, 0.5) is 0 Å². The minimum absolute atomic E-state index is 0. The van der Waals surface area contributed by atoms with Gasteiger partial charge >= 0.3 is 29.0 Å². The van der Waals surface area contributed by atoms with E-state index in [-0.39, 0.29) is 29.0 Å². The fourth-order valence-corrected chi connectivity index (χ4v) is 3.09. The van der Waals surface area contributed by atoms with E-state index in [0.717, 1.165) is 23.4 Å². The third-order valence-corrected chi connectivity index (χ3v) is 4.41. The zero-order valence-corrected chi connectivity index (χ0v) is 19.1. The van der Waals surface area contributed by atoms with Crippen molar-refractivity contribution >= 4 is 11.9 Å². The first-order chi connectivity index (χ1) is 14.7. The van der Waals surface area contributed by atoms with Gasteiger partial charge in [0.15, 0.2) is 0 Å². The minimum atomic E-state index is -0.205. The van der Waals surface area contributed by atoms with Crippen LogP contribution in [0, 0.1) is 62.7 Å². The van der Waals surface area contributed by atoms with Gasteiger partial charge < -0.3 is 9.47 Å². The predicted molar refractivity (Wildman–Crippen MR) is 115 cm³/mol. The van der Waals surface area contributed by atoms with Gasteiger partial charge in [-0.25, -0.2) is 0 Å². The number of carbonyl (C=O) groups excluding carboxylic acids is 2. The molecular formula is C25H29FeNO4+2. The van der Waals surface area contributed by atoms with E-state index in [1.807, 2.05) is 63.1 Å². The second-order valence-corrected chi connectivity index (χ2v) is 6.55. The first kappa shape index (κ1) is 27.6. The third kappa shape index (κ3) is 10.2. The van der Waals surface area contributed by atoms with Crippen LogP contribution in [-0.4, -0.2) is 30.1 Å². The molecule has 0 bridgehead atoms. The number of aromatic nitrogens is 1. The third-order valence-electron chi connectivity index (χ3n) is 4.41. The van der Waals surface area contributed by atoms with Crippen LogP contribution >= 0.6 is 0 Å². The Morgan fingerprint density at radius 3 is 1.68 bits per heavy atom. The molecule has 2 fully saturated rings. The molecule has 164 valence electrons. The van der Waals surface area contributed by atoms with E-state index in [0.29, 0.717) is 38.9 Å². The molecule has 0 atom stereocenters. The fraction of sp³-hybridized carbons (Fsp3) is 0.320. The normalized spacial score (nSPS) is 16.8. The maximum absolute atomic E-state index is 11.7. The molecule has 0 unspecified atom stereocenters. The first-order valence-electron chi connectivity index (χ1n) is 10.3. The summed E-state index contributed by atoms with van der Waals surface area (Å²) < 4.78 is 10.0. The van der Waals surface area contributed by atoms with E-state index in [9.17, 15) is 9.59 Å². The van der Waals surface area contributed by atoms with Gasteiger partial charge in [0.05, 0.1) is 13.2 Å². The Labute approximate surface area is 198 Å². The smallest absolute Gasteiger partial charge is 0.466 e. The molecule has 2 aliphatic rings. The van der Waals surface area contributed by atoms with Gasteiger partial charge in [0, 0.05) is 30.7 Å². The number of pyridine rings is 1. The second kappa shape index (κ2) is 16.3. The van der Waals surface area contributed by atoms with E-state index in [4.69, 9.17) is 9.47 Å². The van der Waals surface area contributed by atoms with Gasteiger partial charge in [0.2, 0.25) is 0 Å². The zero-order chi connectivity index (χ0) is 21.6. The van der Waals surface area contributed by atoms with Crippen LogP contribution in [0.1, 0.15) is 45.2 Å². The van der Waals surface area contributed by atoms with Gasteiger partial charge in [-0.2, -0.15) is 0 Å². The van der Waals surface area contributed by atoms with Gasteiger partial charge in [0.25, 0.3) is 0 Å². The number of hydrogen-bond acceptors (Lipinski definition) is 5. The van der Waals surface area contributed by atoms with Crippen molar-refractivity contribution in [2.75, 3.05) is 13.2 Å². The number of ether oxygens (including phenoxy) is 2. The summed E-state index contributed by atoms with van der Waals surface area (Å²) >= 11 is 0. The van der Waals surface area contributed by atoms with Gasteiger partial charge in [-0.05, 0) is 95.6 Å². The predicted octanol–water partition coefficient (Wildman–Crippen LogP) is 4.28. The van der Waals surface area contributed by atoms with Gasteiger partial charge in [-0.3, -0.25) is 14.6 Å². The van der Waals surface area contributed by atoms with Crippen molar-refractivity contribution in [1.82, 2.24) is 4.98 Å². The van der Waals surface area contributed by atoms with Crippen molar-refractivity contribution in [1.29, 1.82) is 0 Å². The molecule has 6 heteroatoms. The SMILES string of the molecule is CCOC(=O)CC[C]1[CH][CH][C](CCC(=O)OCC)[C]1c1ccccn1.[CH]1[CH][CH][CH][CH]1.[Fe+2]. The number of nitrogens with zero attached hydrogens (tertiary/aromatic N) is 1. The van der Waals surface area contributed by atoms with Crippen molar-refractivity contribution < 1.29 is 36.1 Å². The van der Waals surface area contributed by atoms with E-state index >= 15 is 0 Å². The van der Waals surface area contributed by atoms with Gasteiger partial charge in [-0.1, -0.05) is 6.07 Å².